The van der Waals surface area contributed by atoms with Crippen LogP contribution in [0.2, 0.25) is 0 Å². The number of hydrogen-bond donors (Lipinski definition) is 3. The number of aliphatic carboxylic acids is 2. The van der Waals surface area contributed by atoms with Gasteiger partial charge in [0.05, 0.1) is 26.9 Å². The van der Waals surface area contributed by atoms with Crippen molar-refractivity contribution in [2.24, 2.45) is 0 Å². The molecule has 2 aromatic carbocycles. The molecule has 0 fully saturated rings. The number of ether oxygens (including phenoxy) is 3. The molecular weight excluding hydrogens is 410 g/mol. The summed E-state index contributed by atoms with van der Waals surface area (Å²) in [4.78, 5) is 19.6. The Hall–Kier alpha value is -2.91. The van der Waals surface area contributed by atoms with Crippen LogP contribution in [0.3, 0.4) is 0 Å². The molecule has 2 aromatic rings. The first-order valence-electron chi connectivity index (χ1n) is 9.11. The summed E-state index contributed by atoms with van der Waals surface area (Å²) in [5.74, 6) is -0.239. The number of carboxylic acids is 2. The van der Waals surface area contributed by atoms with E-state index in [0.29, 0.717) is 12.6 Å². The molecule has 0 saturated heterocycles. The van der Waals surface area contributed by atoms with Gasteiger partial charge in [-0.1, -0.05) is 18.2 Å². The average Bonchev–Trinajstić information content (AvgIpc) is 2.77. The summed E-state index contributed by atoms with van der Waals surface area (Å²) in [6.07, 6.45) is 1.11. The highest BCUT2D eigenvalue weighted by atomic mass is 32.2. The van der Waals surface area contributed by atoms with E-state index < -0.39 is 11.9 Å². The molecule has 0 aliphatic carbocycles. The van der Waals surface area contributed by atoms with Crippen molar-refractivity contribution >= 4 is 23.7 Å². The maximum atomic E-state index is 9.10. The van der Waals surface area contributed by atoms with Crippen LogP contribution in [0.25, 0.3) is 0 Å². The Bertz CT molecular complexity index is 850. The summed E-state index contributed by atoms with van der Waals surface area (Å²) >= 11 is 1.93. The topological polar surface area (TPSA) is 114 Å². The lowest BCUT2D eigenvalue weighted by molar-refractivity contribution is -0.159. The molecule has 1 heterocycles. The monoisotopic (exact) mass is 435 g/mol. The third-order valence-corrected chi connectivity index (χ3v) is 5.61. The molecule has 3 N–H and O–H groups in total. The van der Waals surface area contributed by atoms with Crippen molar-refractivity contribution in [2.75, 3.05) is 27.1 Å². The Kier molecular flexibility index (Phi) is 8.82. The Morgan fingerprint density at radius 3 is 2.17 bits per heavy atom. The van der Waals surface area contributed by atoms with Crippen molar-refractivity contribution in [3.8, 4) is 17.2 Å². The molecule has 0 spiro atoms. The maximum Gasteiger partial charge on any atom is 0.414 e. The van der Waals surface area contributed by atoms with Gasteiger partial charge in [-0.3, -0.25) is 0 Å². The van der Waals surface area contributed by atoms with Crippen LogP contribution < -0.4 is 19.5 Å². The standard InChI is InChI=1S/C19H23NO3S.C2H2O4/c1-21-13-10-17(22-2)15(18(11-13)23-3)12-20-16-8-9-24-19-7-5-4-6-14(16)19;3-1(4)2(5)6/h4-7,10-11,16,20H,8-9,12H2,1-3H3;(H,3,4)(H,5,6). The first kappa shape index (κ1) is 23.4. The number of fused-ring (bicyclic) bond motifs is 1. The summed E-state index contributed by atoms with van der Waals surface area (Å²) in [5.41, 5.74) is 2.39. The number of hydrogen-bond acceptors (Lipinski definition) is 7. The molecule has 0 bridgehead atoms. The predicted octanol–water partition coefficient (Wildman–Crippen LogP) is 3.19. The Morgan fingerprint density at radius 1 is 1.03 bits per heavy atom. The van der Waals surface area contributed by atoms with Crippen LogP contribution in [0.4, 0.5) is 0 Å². The van der Waals surface area contributed by atoms with Gasteiger partial charge in [-0.05, 0) is 23.8 Å². The lowest BCUT2D eigenvalue weighted by atomic mass is 10.0. The number of thioether (sulfide) groups is 1. The molecule has 1 aliphatic rings. The number of rotatable bonds is 6. The van der Waals surface area contributed by atoms with Gasteiger partial charge >= 0.3 is 11.9 Å². The van der Waals surface area contributed by atoms with Crippen LogP contribution in [0.5, 0.6) is 17.2 Å². The minimum absolute atomic E-state index is 0.346. The minimum Gasteiger partial charge on any atom is -0.496 e. The van der Waals surface area contributed by atoms with E-state index in [1.807, 2.05) is 23.9 Å². The summed E-state index contributed by atoms with van der Waals surface area (Å²) in [6.45, 7) is 0.681. The molecule has 1 aliphatic heterocycles. The van der Waals surface area contributed by atoms with Crippen LogP contribution in [0.1, 0.15) is 23.6 Å². The van der Waals surface area contributed by atoms with Crippen LogP contribution in [0.15, 0.2) is 41.3 Å². The van der Waals surface area contributed by atoms with E-state index in [9.17, 15) is 0 Å². The molecule has 3 rings (SSSR count). The summed E-state index contributed by atoms with van der Waals surface area (Å²) in [6, 6.07) is 12.7. The van der Waals surface area contributed by atoms with E-state index in [-0.39, 0.29) is 0 Å². The van der Waals surface area contributed by atoms with Gasteiger partial charge < -0.3 is 29.7 Å². The van der Waals surface area contributed by atoms with Gasteiger partial charge in [0, 0.05) is 29.6 Å². The number of benzene rings is 2. The van der Waals surface area contributed by atoms with Crippen LogP contribution in [-0.2, 0) is 16.1 Å². The molecule has 162 valence electrons. The smallest absolute Gasteiger partial charge is 0.414 e. The summed E-state index contributed by atoms with van der Waals surface area (Å²) < 4.78 is 16.4. The van der Waals surface area contributed by atoms with Gasteiger partial charge in [-0.25, -0.2) is 9.59 Å². The van der Waals surface area contributed by atoms with Crippen LogP contribution in [0, 0.1) is 0 Å². The van der Waals surface area contributed by atoms with Crippen LogP contribution in [-0.4, -0.2) is 49.2 Å². The van der Waals surface area contributed by atoms with Gasteiger partial charge in [0.15, 0.2) is 0 Å². The SMILES string of the molecule is COc1cc(OC)c(CNC2CCSc3ccccc32)c(OC)c1.O=C(O)C(=O)O. The Labute approximate surface area is 179 Å². The van der Waals surface area contributed by atoms with Crippen molar-refractivity contribution in [3.63, 3.8) is 0 Å². The predicted molar refractivity (Wildman–Crippen MR) is 113 cm³/mol. The highest BCUT2D eigenvalue weighted by Crippen LogP contribution is 2.38. The third kappa shape index (κ3) is 6.04. The molecule has 0 radical (unpaired) electrons. The molecule has 1 atom stereocenters. The summed E-state index contributed by atoms with van der Waals surface area (Å²) in [5, 5.41) is 18.4. The largest absolute Gasteiger partial charge is 0.496 e. The number of methoxy groups -OCH3 is 3. The molecule has 0 amide bonds. The highest BCUT2D eigenvalue weighted by molar-refractivity contribution is 7.99. The number of nitrogens with one attached hydrogen (secondary N) is 1. The van der Waals surface area contributed by atoms with Gasteiger partial charge in [-0.2, -0.15) is 0 Å². The number of carbonyl (C=O) groups is 2. The first-order chi connectivity index (χ1) is 14.4. The minimum atomic E-state index is -1.82. The van der Waals surface area contributed by atoms with Crippen molar-refractivity contribution in [2.45, 2.75) is 23.9 Å². The van der Waals surface area contributed by atoms with Gasteiger partial charge in [0.1, 0.15) is 17.2 Å². The third-order valence-electron chi connectivity index (χ3n) is 4.48. The summed E-state index contributed by atoms with van der Waals surface area (Å²) in [7, 11) is 4.98. The average molecular weight is 435 g/mol. The quantitative estimate of drug-likeness (QED) is 0.589. The fraction of sp³-hybridized carbons (Fsp3) is 0.333. The lowest BCUT2D eigenvalue weighted by Crippen LogP contribution is -2.24. The first-order valence-corrected chi connectivity index (χ1v) is 10.1. The normalized spacial score (nSPS) is 14.6. The second-order valence-electron chi connectivity index (χ2n) is 6.23. The Balaban J connectivity index is 0.000000469. The van der Waals surface area contributed by atoms with Crippen LogP contribution >= 0.6 is 11.8 Å². The maximum absolute atomic E-state index is 9.10. The van der Waals surface area contributed by atoms with E-state index in [2.05, 4.69) is 29.6 Å². The molecule has 0 saturated carbocycles. The van der Waals surface area contributed by atoms with Crippen molar-refractivity contribution < 1.29 is 34.0 Å². The van der Waals surface area contributed by atoms with Gasteiger partial charge in [0.2, 0.25) is 0 Å². The highest BCUT2D eigenvalue weighted by Gasteiger charge is 2.21. The second-order valence-corrected chi connectivity index (χ2v) is 7.37. The molecule has 1 unspecified atom stereocenters. The van der Waals surface area contributed by atoms with Crippen molar-refractivity contribution in [1.29, 1.82) is 0 Å². The lowest BCUT2D eigenvalue weighted by Gasteiger charge is -2.26. The fourth-order valence-corrected chi connectivity index (χ4v) is 4.16. The second kappa shape index (κ2) is 11.3. The van der Waals surface area contributed by atoms with Gasteiger partial charge in [0.25, 0.3) is 0 Å². The van der Waals surface area contributed by atoms with Crippen molar-refractivity contribution in [1.82, 2.24) is 5.32 Å². The molecule has 30 heavy (non-hydrogen) atoms. The molecule has 8 nitrogen and oxygen atoms in total. The molecule has 9 heteroatoms. The van der Waals surface area contributed by atoms with E-state index in [1.165, 1.54) is 10.5 Å². The van der Waals surface area contributed by atoms with E-state index >= 15 is 0 Å². The van der Waals surface area contributed by atoms with E-state index in [4.69, 9.17) is 34.0 Å². The zero-order valence-corrected chi connectivity index (χ0v) is 17.8. The van der Waals surface area contributed by atoms with Gasteiger partial charge in [-0.15, -0.1) is 11.8 Å². The van der Waals surface area contributed by atoms with E-state index in [0.717, 1.165) is 35.0 Å². The zero-order chi connectivity index (χ0) is 22.1. The zero-order valence-electron chi connectivity index (χ0n) is 17.0. The number of carboxylic acid groups (broad SMARTS) is 2. The molecule has 0 aromatic heterocycles. The fourth-order valence-electron chi connectivity index (χ4n) is 3.03. The van der Waals surface area contributed by atoms with E-state index in [1.54, 1.807) is 21.3 Å². The molecular formula is C21H25NO7S. The van der Waals surface area contributed by atoms with Crippen molar-refractivity contribution in [3.05, 3.63) is 47.5 Å². The Morgan fingerprint density at radius 2 is 1.63 bits per heavy atom.